The first-order chi connectivity index (χ1) is 14.6. The van der Waals surface area contributed by atoms with Crippen molar-refractivity contribution >= 4 is 17.7 Å². The van der Waals surface area contributed by atoms with Gasteiger partial charge >= 0.3 is 11.9 Å². The minimum absolute atomic E-state index is 0.0233. The molecule has 2 aromatic carbocycles. The molecule has 0 saturated heterocycles. The van der Waals surface area contributed by atoms with Gasteiger partial charge in [-0.3, -0.25) is 14.4 Å². The average molecular weight is 425 g/mol. The van der Waals surface area contributed by atoms with E-state index in [1.807, 2.05) is 54.6 Å². The Morgan fingerprint density at radius 2 is 1.45 bits per heavy atom. The molecule has 2 aromatic rings. The van der Waals surface area contributed by atoms with E-state index in [2.05, 4.69) is 0 Å². The Bertz CT molecular complexity index is 863. The second-order valence-corrected chi connectivity index (χ2v) is 8.82. The number of rotatable bonds is 11. The molecule has 0 spiro atoms. The number of Topliss-reactive ketones (excluding diaryl/α,β-unsaturated/α-hetero) is 1. The number of carbonyl (C=O) groups is 3. The summed E-state index contributed by atoms with van der Waals surface area (Å²) in [4.78, 5) is 35.9. The highest BCUT2D eigenvalue weighted by atomic mass is 16.6. The molecule has 0 aliphatic rings. The van der Waals surface area contributed by atoms with E-state index in [1.165, 1.54) is 0 Å². The van der Waals surface area contributed by atoms with Crippen molar-refractivity contribution in [3.8, 4) is 11.1 Å². The molecule has 0 heterocycles. The van der Waals surface area contributed by atoms with Crippen LogP contribution in [0.3, 0.4) is 0 Å². The fraction of sp³-hybridized carbons (Fsp3) is 0.423. The molecule has 0 aromatic heterocycles. The predicted octanol–water partition coefficient (Wildman–Crippen LogP) is 5.46. The van der Waals surface area contributed by atoms with Crippen molar-refractivity contribution in [1.82, 2.24) is 0 Å². The third-order valence-corrected chi connectivity index (χ3v) is 4.90. The van der Waals surface area contributed by atoms with Gasteiger partial charge in [0.2, 0.25) is 0 Å². The summed E-state index contributed by atoms with van der Waals surface area (Å²) < 4.78 is 5.42. The van der Waals surface area contributed by atoms with E-state index in [0.29, 0.717) is 19.3 Å². The first-order valence-electron chi connectivity index (χ1n) is 10.7. The summed E-state index contributed by atoms with van der Waals surface area (Å²) in [5.41, 5.74) is 2.58. The van der Waals surface area contributed by atoms with E-state index >= 15 is 0 Å². The second-order valence-electron chi connectivity index (χ2n) is 8.82. The summed E-state index contributed by atoms with van der Waals surface area (Å²) in [5.74, 6) is -1.76. The monoisotopic (exact) mass is 424 g/mol. The van der Waals surface area contributed by atoms with Gasteiger partial charge in [-0.2, -0.15) is 0 Å². The van der Waals surface area contributed by atoms with Gasteiger partial charge in [0.25, 0.3) is 0 Å². The Morgan fingerprint density at radius 3 is 2.03 bits per heavy atom. The van der Waals surface area contributed by atoms with E-state index in [4.69, 9.17) is 9.84 Å². The summed E-state index contributed by atoms with van der Waals surface area (Å²) in [6.45, 7) is 5.40. The van der Waals surface area contributed by atoms with E-state index in [1.54, 1.807) is 20.8 Å². The maximum Gasteiger partial charge on any atom is 0.307 e. The SMILES string of the molecule is CC(C)(C)OC(=O)C[C@@H](Cc1ccc(-c2ccccc2)cc1)C(=O)CCCCC(=O)O. The van der Waals surface area contributed by atoms with Gasteiger partial charge in [-0.05, 0) is 56.7 Å². The van der Waals surface area contributed by atoms with Crippen LogP contribution in [0.4, 0.5) is 0 Å². The Labute approximate surface area is 184 Å². The van der Waals surface area contributed by atoms with Crippen LogP contribution in [-0.2, 0) is 25.5 Å². The molecule has 2 rings (SSSR count). The normalized spacial score (nSPS) is 12.2. The van der Waals surface area contributed by atoms with E-state index in [-0.39, 0.29) is 25.0 Å². The van der Waals surface area contributed by atoms with Crippen LogP contribution in [0.2, 0.25) is 0 Å². The molecule has 166 valence electrons. The van der Waals surface area contributed by atoms with Crippen LogP contribution in [0.25, 0.3) is 11.1 Å². The lowest BCUT2D eigenvalue weighted by molar-refractivity contribution is -0.157. The Morgan fingerprint density at radius 1 is 0.871 bits per heavy atom. The molecule has 0 unspecified atom stereocenters. The van der Waals surface area contributed by atoms with Gasteiger partial charge in [0.15, 0.2) is 0 Å². The quantitative estimate of drug-likeness (QED) is 0.383. The number of carboxylic acid groups (broad SMARTS) is 1. The number of ketones is 1. The third-order valence-electron chi connectivity index (χ3n) is 4.90. The van der Waals surface area contributed by atoms with Crippen molar-refractivity contribution in [2.24, 2.45) is 5.92 Å². The number of hydrogen-bond donors (Lipinski definition) is 1. The lowest BCUT2D eigenvalue weighted by Crippen LogP contribution is -2.28. The predicted molar refractivity (Wildman–Crippen MR) is 121 cm³/mol. The molecule has 0 fully saturated rings. The van der Waals surface area contributed by atoms with Crippen LogP contribution in [0.5, 0.6) is 0 Å². The van der Waals surface area contributed by atoms with Crippen LogP contribution >= 0.6 is 0 Å². The minimum atomic E-state index is -0.865. The second kappa shape index (κ2) is 11.4. The molecule has 0 bridgehead atoms. The molecule has 0 saturated carbocycles. The number of ether oxygens (including phenoxy) is 1. The summed E-state index contributed by atoms with van der Waals surface area (Å²) in [6, 6.07) is 18.1. The minimum Gasteiger partial charge on any atom is -0.481 e. The molecular weight excluding hydrogens is 392 g/mol. The zero-order valence-electron chi connectivity index (χ0n) is 18.6. The first kappa shape index (κ1) is 24.3. The van der Waals surface area contributed by atoms with Gasteiger partial charge in [0.1, 0.15) is 11.4 Å². The Hall–Kier alpha value is -2.95. The maximum absolute atomic E-state index is 12.8. The summed E-state index contributed by atoms with van der Waals surface area (Å²) in [6.07, 6.45) is 1.74. The lowest BCUT2D eigenvalue weighted by atomic mass is 9.89. The van der Waals surface area contributed by atoms with Gasteiger partial charge in [-0.15, -0.1) is 0 Å². The molecule has 0 radical (unpaired) electrons. The lowest BCUT2D eigenvalue weighted by Gasteiger charge is -2.22. The van der Waals surface area contributed by atoms with Crippen molar-refractivity contribution in [3.63, 3.8) is 0 Å². The molecule has 31 heavy (non-hydrogen) atoms. The number of aliphatic carboxylic acids is 1. The van der Waals surface area contributed by atoms with Crippen molar-refractivity contribution in [2.45, 2.75) is 64.9 Å². The topological polar surface area (TPSA) is 80.7 Å². The molecule has 0 aliphatic carbocycles. The first-order valence-corrected chi connectivity index (χ1v) is 10.7. The molecule has 1 N–H and O–H groups in total. The smallest absolute Gasteiger partial charge is 0.307 e. The van der Waals surface area contributed by atoms with Crippen LogP contribution in [0.1, 0.15) is 58.4 Å². The molecule has 0 amide bonds. The van der Waals surface area contributed by atoms with Crippen LogP contribution in [-0.4, -0.2) is 28.4 Å². The summed E-state index contributed by atoms with van der Waals surface area (Å²) in [5, 5.41) is 8.77. The van der Waals surface area contributed by atoms with Crippen molar-refractivity contribution in [3.05, 3.63) is 60.2 Å². The maximum atomic E-state index is 12.8. The van der Waals surface area contributed by atoms with Gasteiger partial charge < -0.3 is 9.84 Å². The van der Waals surface area contributed by atoms with Crippen LogP contribution in [0, 0.1) is 5.92 Å². The Balaban J connectivity index is 2.06. The van der Waals surface area contributed by atoms with Gasteiger partial charge in [0.05, 0.1) is 6.42 Å². The zero-order valence-corrected chi connectivity index (χ0v) is 18.6. The van der Waals surface area contributed by atoms with Crippen molar-refractivity contribution < 1.29 is 24.2 Å². The summed E-state index contributed by atoms with van der Waals surface area (Å²) >= 11 is 0. The van der Waals surface area contributed by atoms with Gasteiger partial charge in [-0.1, -0.05) is 54.6 Å². The highest BCUT2D eigenvalue weighted by molar-refractivity contribution is 5.85. The molecule has 5 heteroatoms. The standard InChI is InChI=1S/C26H32O5/c1-26(2,3)31-25(30)18-22(23(27)11-7-8-12-24(28)29)17-19-13-15-21(16-14-19)20-9-5-4-6-10-20/h4-6,9-10,13-16,22H,7-8,11-12,17-18H2,1-3H3,(H,28,29)/t22-/m1/s1. The fourth-order valence-electron chi connectivity index (χ4n) is 3.41. The zero-order chi connectivity index (χ0) is 22.9. The molecule has 0 aliphatic heterocycles. The fourth-order valence-corrected chi connectivity index (χ4v) is 3.41. The Kier molecular flexibility index (Phi) is 8.98. The molecular formula is C26H32O5. The number of benzene rings is 2. The van der Waals surface area contributed by atoms with Crippen LogP contribution < -0.4 is 0 Å². The number of unbranched alkanes of at least 4 members (excludes halogenated alkanes) is 1. The number of hydrogen-bond acceptors (Lipinski definition) is 4. The molecule has 5 nitrogen and oxygen atoms in total. The van der Waals surface area contributed by atoms with E-state index < -0.39 is 23.5 Å². The molecule has 1 atom stereocenters. The van der Waals surface area contributed by atoms with E-state index in [0.717, 1.165) is 16.7 Å². The highest BCUT2D eigenvalue weighted by Crippen LogP contribution is 2.23. The largest absolute Gasteiger partial charge is 0.481 e. The van der Waals surface area contributed by atoms with Gasteiger partial charge in [-0.25, -0.2) is 0 Å². The van der Waals surface area contributed by atoms with E-state index in [9.17, 15) is 14.4 Å². The number of esters is 1. The average Bonchev–Trinajstić information content (AvgIpc) is 2.70. The highest BCUT2D eigenvalue weighted by Gasteiger charge is 2.25. The number of carbonyl (C=O) groups excluding carboxylic acids is 2. The van der Waals surface area contributed by atoms with Crippen molar-refractivity contribution in [1.29, 1.82) is 0 Å². The third kappa shape index (κ3) is 9.16. The van der Waals surface area contributed by atoms with Crippen molar-refractivity contribution in [2.75, 3.05) is 0 Å². The van der Waals surface area contributed by atoms with Gasteiger partial charge in [0, 0.05) is 18.8 Å². The number of carboxylic acids is 1. The summed E-state index contributed by atoms with van der Waals surface area (Å²) in [7, 11) is 0. The van der Waals surface area contributed by atoms with Crippen LogP contribution in [0.15, 0.2) is 54.6 Å².